The molecule has 1 amide bonds. The third kappa shape index (κ3) is 2.41. The van der Waals surface area contributed by atoms with E-state index in [0.29, 0.717) is 18.3 Å². The Hall–Kier alpha value is -1.57. The van der Waals surface area contributed by atoms with Crippen molar-refractivity contribution >= 4 is 11.6 Å². The zero-order chi connectivity index (χ0) is 12.4. The minimum absolute atomic E-state index is 0.204. The van der Waals surface area contributed by atoms with E-state index in [1.54, 1.807) is 0 Å². The van der Waals surface area contributed by atoms with Gasteiger partial charge in [0.2, 0.25) is 5.91 Å². The van der Waals surface area contributed by atoms with Gasteiger partial charge in [0, 0.05) is 24.6 Å². The summed E-state index contributed by atoms with van der Waals surface area (Å²) in [5.41, 5.74) is 2.29. The first kappa shape index (κ1) is 11.9. The highest BCUT2D eigenvalue weighted by molar-refractivity contribution is 5.96. The molecule has 1 unspecified atom stereocenters. The van der Waals surface area contributed by atoms with Gasteiger partial charge in [0.15, 0.2) is 0 Å². The smallest absolute Gasteiger partial charge is 0.227 e. The second kappa shape index (κ2) is 4.74. The summed E-state index contributed by atoms with van der Waals surface area (Å²) in [5.74, 6) is 0.990. The van der Waals surface area contributed by atoms with E-state index in [2.05, 4.69) is 32.6 Å². The number of rotatable bonds is 3. The Morgan fingerprint density at radius 1 is 1.47 bits per heavy atom. The van der Waals surface area contributed by atoms with Crippen molar-refractivity contribution in [3.05, 3.63) is 42.5 Å². The van der Waals surface area contributed by atoms with Gasteiger partial charge in [0.25, 0.3) is 0 Å². The summed E-state index contributed by atoms with van der Waals surface area (Å²) >= 11 is 0. The number of carbonyl (C=O) groups is 1. The Kier molecular flexibility index (Phi) is 3.32. The molecule has 1 atom stereocenters. The zero-order valence-electron chi connectivity index (χ0n) is 10.5. The number of hydrogen-bond acceptors (Lipinski definition) is 1. The normalized spacial score (nSPS) is 20.1. The summed E-state index contributed by atoms with van der Waals surface area (Å²) < 4.78 is 0. The largest absolute Gasteiger partial charge is 0.312 e. The lowest BCUT2D eigenvalue weighted by Crippen LogP contribution is -2.24. The average molecular weight is 229 g/mol. The lowest BCUT2D eigenvalue weighted by molar-refractivity contribution is -0.117. The summed E-state index contributed by atoms with van der Waals surface area (Å²) in [6.45, 7) is 8.87. The van der Waals surface area contributed by atoms with Crippen molar-refractivity contribution in [2.45, 2.75) is 26.2 Å². The van der Waals surface area contributed by atoms with Crippen LogP contribution in [0.4, 0.5) is 5.69 Å². The minimum atomic E-state index is 0.204. The fourth-order valence-corrected chi connectivity index (χ4v) is 2.19. The van der Waals surface area contributed by atoms with E-state index in [1.165, 1.54) is 5.56 Å². The van der Waals surface area contributed by atoms with Crippen molar-refractivity contribution in [2.75, 3.05) is 11.4 Å². The predicted molar refractivity (Wildman–Crippen MR) is 71.2 cm³/mol. The van der Waals surface area contributed by atoms with Crippen molar-refractivity contribution in [1.82, 2.24) is 0 Å². The summed E-state index contributed by atoms with van der Waals surface area (Å²) in [5, 5.41) is 0. The molecule has 1 aliphatic rings. The van der Waals surface area contributed by atoms with Crippen molar-refractivity contribution in [3.63, 3.8) is 0 Å². The molecule has 0 bridgehead atoms. The Balaban J connectivity index is 2.25. The van der Waals surface area contributed by atoms with Crippen LogP contribution in [-0.4, -0.2) is 12.5 Å². The van der Waals surface area contributed by atoms with E-state index in [-0.39, 0.29) is 5.91 Å². The molecule has 1 fully saturated rings. The van der Waals surface area contributed by atoms with Crippen LogP contribution in [0.1, 0.15) is 31.7 Å². The molecule has 2 rings (SSSR count). The predicted octanol–water partition coefficient (Wildman–Crippen LogP) is 3.35. The monoisotopic (exact) mass is 229 g/mol. The van der Waals surface area contributed by atoms with Gasteiger partial charge >= 0.3 is 0 Å². The molecule has 1 heterocycles. The van der Waals surface area contributed by atoms with Gasteiger partial charge in [0.05, 0.1) is 0 Å². The molecule has 0 radical (unpaired) electrons. The van der Waals surface area contributed by atoms with Crippen molar-refractivity contribution < 1.29 is 4.79 Å². The second-order valence-corrected chi connectivity index (χ2v) is 4.95. The molecule has 0 aliphatic carbocycles. The Labute approximate surface area is 103 Å². The molecule has 0 saturated carbocycles. The lowest BCUT2D eigenvalue weighted by atomic mass is 10.0. The maximum atomic E-state index is 11.9. The van der Waals surface area contributed by atoms with Crippen LogP contribution >= 0.6 is 0 Å². The highest BCUT2D eigenvalue weighted by Crippen LogP contribution is 2.27. The topological polar surface area (TPSA) is 20.3 Å². The molecule has 90 valence electrons. The quantitative estimate of drug-likeness (QED) is 0.728. The van der Waals surface area contributed by atoms with Crippen LogP contribution in [0.25, 0.3) is 0 Å². The molecule has 1 aromatic rings. The molecule has 1 aliphatic heterocycles. The molecule has 2 heteroatoms. The number of amides is 1. The lowest BCUT2D eigenvalue weighted by Gasteiger charge is -2.18. The van der Waals surface area contributed by atoms with Gasteiger partial charge in [-0.2, -0.15) is 0 Å². The number of anilines is 1. The molecule has 1 aromatic carbocycles. The number of carbonyl (C=O) groups excluding carboxylic acids is 1. The van der Waals surface area contributed by atoms with Crippen LogP contribution in [0.3, 0.4) is 0 Å². The first-order valence-corrected chi connectivity index (χ1v) is 6.14. The fourth-order valence-electron chi connectivity index (χ4n) is 2.19. The summed E-state index contributed by atoms with van der Waals surface area (Å²) in [4.78, 5) is 13.8. The average Bonchev–Trinajstić information content (AvgIpc) is 2.71. The highest BCUT2D eigenvalue weighted by atomic mass is 16.2. The molecule has 1 saturated heterocycles. The molecule has 17 heavy (non-hydrogen) atoms. The van der Waals surface area contributed by atoms with Gasteiger partial charge in [0.1, 0.15) is 0 Å². The van der Waals surface area contributed by atoms with E-state index in [9.17, 15) is 4.79 Å². The first-order chi connectivity index (χ1) is 8.11. The zero-order valence-corrected chi connectivity index (χ0v) is 10.5. The maximum absolute atomic E-state index is 11.9. The Morgan fingerprint density at radius 2 is 2.24 bits per heavy atom. The first-order valence-electron chi connectivity index (χ1n) is 6.14. The Bertz CT molecular complexity index is 436. The van der Waals surface area contributed by atoms with Crippen LogP contribution in [0, 0.1) is 5.92 Å². The van der Waals surface area contributed by atoms with E-state index in [0.717, 1.165) is 12.2 Å². The van der Waals surface area contributed by atoms with Gasteiger partial charge in [-0.15, -0.1) is 6.58 Å². The molecular weight excluding hydrogens is 210 g/mol. The van der Waals surface area contributed by atoms with Gasteiger partial charge in [-0.25, -0.2) is 0 Å². The molecule has 0 spiro atoms. The van der Waals surface area contributed by atoms with Gasteiger partial charge < -0.3 is 4.90 Å². The van der Waals surface area contributed by atoms with Gasteiger partial charge in [-0.05, 0) is 23.6 Å². The van der Waals surface area contributed by atoms with E-state index >= 15 is 0 Å². The van der Waals surface area contributed by atoms with E-state index in [4.69, 9.17) is 0 Å². The minimum Gasteiger partial charge on any atom is -0.312 e. The SMILES string of the molecule is C=CC1CC(=O)N(c2cccc(C(C)C)c2)C1. The van der Waals surface area contributed by atoms with Crippen molar-refractivity contribution in [3.8, 4) is 0 Å². The summed E-state index contributed by atoms with van der Waals surface area (Å²) in [6.07, 6.45) is 2.47. The molecule has 2 nitrogen and oxygen atoms in total. The summed E-state index contributed by atoms with van der Waals surface area (Å²) in [6, 6.07) is 8.27. The van der Waals surface area contributed by atoms with Gasteiger partial charge in [-0.3, -0.25) is 4.79 Å². The maximum Gasteiger partial charge on any atom is 0.227 e. The van der Waals surface area contributed by atoms with E-state index in [1.807, 2.05) is 23.1 Å². The number of hydrogen-bond donors (Lipinski definition) is 0. The van der Waals surface area contributed by atoms with Gasteiger partial charge in [-0.1, -0.05) is 32.1 Å². The highest BCUT2D eigenvalue weighted by Gasteiger charge is 2.28. The van der Waals surface area contributed by atoms with Crippen LogP contribution < -0.4 is 4.90 Å². The Morgan fingerprint density at radius 3 is 2.82 bits per heavy atom. The molecule has 0 aromatic heterocycles. The van der Waals surface area contributed by atoms with Crippen LogP contribution in [-0.2, 0) is 4.79 Å². The third-order valence-electron chi connectivity index (χ3n) is 3.34. The molecule has 0 N–H and O–H groups in total. The fraction of sp³-hybridized carbons (Fsp3) is 0.400. The third-order valence-corrected chi connectivity index (χ3v) is 3.34. The number of nitrogens with zero attached hydrogens (tertiary/aromatic N) is 1. The van der Waals surface area contributed by atoms with E-state index < -0.39 is 0 Å². The molecular formula is C15H19NO. The number of benzene rings is 1. The van der Waals surface area contributed by atoms with Crippen molar-refractivity contribution in [1.29, 1.82) is 0 Å². The van der Waals surface area contributed by atoms with Crippen LogP contribution in [0.15, 0.2) is 36.9 Å². The van der Waals surface area contributed by atoms with Crippen LogP contribution in [0.5, 0.6) is 0 Å². The van der Waals surface area contributed by atoms with Crippen molar-refractivity contribution in [2.24, 2.45) is 5.92 Å². The standard InChI is InChI=1S/C15H19NO/c1-4-12-8-15(17)16(10-12)14-7-5-6-13(9-14)11(2)3/h4-7,9,11-12H,1,8,10H2,2-3H3. The summed E-state index contributed by atoms with van der Waals surface area (Å²) in [7, 11) is 0. The van der Waals surface area contributed by atoms with Crippen LogP contribution in [0.2, 0.25) is 0 Å². The second-order valence-electron chi connectivity index (χ2n) is 4.95.